The van der Waals surface area contributed by atoms with Crippen molar-refractivity contribution in [1.29, 1.82) is 0 Å². The van der Waals surface area contributed by atoms with Crippen LogP contribution in [0.2, 0.25) is 0 Å². The van der Waals surface area contributed by atoms with Gasteiger partial charge >= 0.3 is 5.97 Å². The van der Waals surface area contributed by atoms with Crippen molar-refractivity contribution < 1.29 is 57.9 Å². The number of methoxy groups -OCH3 is 3. The van der Waals surface area contributed by atoms with Crippen LogP contribution in [0.4, 0.5) is 0 Å². The van der Waals surface area contributed by atoms with E-state index < -0.39 is 65.6 Å². The van der Waals surface area contributed by atoms with E-state index in [0.717, 1.165) is 12.0 Å². The number of allylic oxidation sites excluding steroid dienone is 6. The molecule has 5 unspecified atom stereocenters. The van der Waals surface area contributed by atoms with Crippen molar-refractivity contribution in [1.82, 2.24) is 4.90 Å². The van der Waals surface area contributed by atoms with Crippen molar-refractivity contribution in [2.75, 3.05) is 27.9 Å². The van der Waals surface area contributed by atoms with Crippen molar-refractivity contribution in [3.63, 3.8) is 0 Å². The van der Waals surface area contributed by atoms with Gasteiger partial charge in [-0.1, -0.05) is 71.1 Å². The Morgan fingerprint density at radius 3 is 2.26 bits per heavy atom. The number of nitrogens with zero attached hydrogens (tertiary/aromatic N) is 1. The van der Waals surface area contributed by atoms with E-state index in [1.54, 1.807) is 41.1 Å². The first-order chi connectivity index (χ1) is 30.7. The number of hydrogen-bond donors (Lipinski definition) is 2. The van der Waals surface area contributed by atoms with Gasteiger partial charge in [0.05, 0.1) is 30.5 Å². The van der Waals surface area contributed by atoms with Crippen LogP contribution in [0.25, 0.3) is 0 Å². The average Bonchev–Trinajstić information content (AvgIpc) is 3.28. The summed E-state index contributed by atoms with van der Waals surface area (Å²) in [6.45, 7) is 15.0. The van der Waals surface area contributed by atoms with Gasteiger partial charge in [0.15, 0.2) is 11.6 Å². The minimum atomic E-state index is -1.43. The summed E-state index contributed by atoms with van der Waals surface area (Å²) in [5.41, 5.74) is -0.128. The molecular weight excluding hydrogens is 831 g/mol. The number of piperidine rings is 1. The molecule has 4 aliphatic rings. The van der Waals surface area contributed by atoms with Crippen LogP contribution in [0.1, 0.15) is 132 Å². The minimum Gasteiger partial charge on any atom is -0.460 e. The van der Waals surface area contributed by atoms with Crippen LogP contribution >= 0.6 is 0 Å². The van der Waals surface area contributed by atoms with E-state index in [1.165, 1.54) is 12.0 Å². The van der Waals surface area contributed by atoms with Crippen molar-refractivity contribution in [2.24, 2.45) is 35.5 Å². The van der Waals surface area contributed by atoms with Crippen LogP contribution in [0, 0.1) is 35.5 Å². The molecule has 13 nitrogen and oxygen atoms in total. The number of esters is 1. The molecule has 0 aromatic heterocycles. The van der Waals surface area contributed by atoms with Crippen LogP contribution in [0.3, 0.4) is 0 Å². The Hall–Kier alpha value is -3.33. The molecule has 65 heavy (non-hydrogen) atoms. The van der Waals surface area contributed by atoms with Crippen LogP contribution in [-0.4, -0.2) is 127 Å². The maximum absolute atomic E-state index is 14.4. The van der Waals surface area contributed by atoms with E-state index in [9.17, 15) is 34.2 Å². The third kappa shape index (κ3) is 14.3. The summed E-state index contributed by atoms with van der Waals surface area (Å²) in [5, 5.41) is 22.0. The zero-order chi connectivity index (χ0) is 48.2. The summed E-state index contributed by atoms with van der Waals surface area (Å²) in [5.74, 6) is -4.11. The number of fused-ring (bicyclic) bond motifs is 3. The third-order valence-corrected chi connectivity index (χ3v) is 15.0. The molecule has 2 saturated heterocycles. The highest BCUT2D eigenvalue weighted by Crippen LogP contribution is 2.39. The lowest BCUT2D eigenvalue weighted by atomic mass is 9.78. The Balaban J connectivity index is 1.70. The number of ether oxygens (including phenoxy) is 5. The largest absolute Gasteiger partial charge is 0.460 e. The number of aliphatic hydroxyl groups excluding tert-OH is 2. The molecule has 0 aromatic carbocycles. The van der Waals surface area contributed by atoms with Crippen LogP contribution < -0.4 is 0 Å². The number of aliphatic hydroxyl groups is 2. The molecular formula is C52H81NO12. The first-order valence-corrected chi connectivity index (χ1v) is 24.2. The van der Waals surface area contributed by atoms with E-state index in [4.69, 9.17) is 23.7 Å². The number of carbonyl (C=O) groups excluding carboxylic acids is 5. The Morgan fingerprint density at radius 2 is 1.58 bits per heavy atom. The zero-order valence-corrected chi connectivity index (χ0v) is 41.2. The standard InChI is InChI=1S/C52H81NO12/c1-31-17-13-12-14-18-32(2)43(61-9)29-39-22-20-37(7)52(8,65-39)49(58)50(59)53-24-16-15-19-40(53)51(60)64-44(34(4)27-38-21-23-41(54)45(28-38)62-10)30-42(55)33(3)26-36(6)47(57)48(63-11)46(56)35(5)25-31/h12-14,17-18,26,31,34-41,43-45,47-48,54,57H,15-16,19-25,27-30H2,1-11H3/t31-,34-,35?,36?,37-,38?,39+,40+,41-,43+,44+,45?,47-,48?,52-/m1/s1. The Kier molecular flexibility index (Phi) is 21.0. The van der Waals surface area contributed by atoms with Gasteiger partial charge in [0.25, 0.3) is 11.7 Å². The fraction of sp³-hybridized carbons (Fsp3) is 0.750. The molecule has 3 fully saturated rings. The number of hydrogen-bond acceptors (Lipinski definition) is 12. The molecule has 3 aliphatic heterocycles. The fourth-order valence-corrected chi connectivity index (χ4v) is 10.4. The molecule has 1 amide bonds. The SMILES string of the molecule is COC1C(=O)C(C)C[C@H](C)C=CC=CC=C(C)[C@@H](OC)C[C@@H]2CC[C@@H](C)[C@@](C)(O2)C(=O)C(=O)N2CCCC[C@H]2C(=O)O[C@H]([C@H](C)CC2CC[C@@H](O)C(OC)C2)CC(=O)C(C)=CC(C)[C@H]1O. The van der Waals surface area contributed by atoms with Crippen molar-refractivity contribution in [3.05, 3.63) is 47.6 Å². The number of rotatable bonds is 6. The molecule has 13 heteroatoms. The summed E-state index contributed by atoms with van der Waals surface area (Å²) >= 11 is 0. The number of carbonyl (C=O) groups is 5. The molecule has 0 spiro atoms. The highest BCUT2D eigenvalue weighted by atomic mass is 16.5. The normalized spacial score (nSPS) is 37.8. The van der Waals surface area contributed by atoms with Gasteiger partial charge in [0.1, 0.15) is 23.9 Å². The van der Waals surface area contributed by atoms with E-state index in [-0.39, 0.29) is 66.5 Å². The van der Waals surface area contributed by atoms with Gasteiger partial charge in [0.2, 0.25) is 0 Å². The lowest BCUT2D eigenvalue weighted by Gasteiger charge is -2.44. The highest BCUT2D eigenvalue weighted by Gasteiger charge is 2.51. The van der Waals surface area contributed by atoms with E-state index >= 15 is 0 Å². The topological polar surface area (TPSA) is 175 Å². The molecule has 1 aliphatic carbocycles. The molecule has 0 radical (unpaired) electrons. The molecule has 1 saturated carbocycles. The first-order valence-electron chi connectivity index (χ1n) is 24.2. The quantitative estimate of drug-likeness (QED) is 0.202. The second-order valence-electron chi connectivity index (χ2n) is 20.0. The third-order valence-electron chi connectivity index (χ3n) is 15.0. The van der Waals surface area contributed by atoms with Crippen molar-refractivity contribution in [3.8, 4) is 0 Å². The lowest BCUT2D eigenvalue weighted by molar-refractivity contribution is -0.184. The summed E-state index contributed by atoms with van der Waals surface area (Å²) in [4.78, 5) is 72.4. The molecule has 4 rings (SSSR count). The smallest absolute Gasteiger partial charge is 0.329 e. The minimum absolute atomic E-state index is 0.0457. The second-order valence-corrected chi connectivity index (χ2v) is 20.0. The summed E-state index contributed by atoms with van der Waals surface area (Å²) in [6.07, 6.45) is 12.9. The van der Waals surface area contributed by atoms with Crippen molar-refractivity contribution in [2.45, 2.75) is 187 Å². The van der Waals surface area contributed by atoms with Crippen LogP contribution in [0.5, 0.6) is 0 Å². The number of ketones is 3. The van der Waals surface area contributed by atoms with Crippen LogP contribution in [-0.2, 0) is 47.7 Å². The maximum atomic E-state index is 14.4. The molecule has 3 heterocycles. The Labute approximate surface area is 388 Å². The molecule has 0 aromatic rings. The first kappa shape index (κ1) is 54.3. The van der Waals surface area contributed by atoms with E-state index in [1.807, 2.05) is 65.0 Å². The van der Waals surface area contributed by atoms with E-state index in [2.05, 4.69) is 0 Å². The fourth-order valence-electron chi connectivity index (χ4n) is 10.4. The Morgan fingerprint density at radius 1 is 0.862 bits per heavy atom. The molecule has 2 N–H and O–H groups in total. The van der Waals surface area contributed by atoms with Gasteiger partial charge < -0.3 is 38.8 Å². The maximum Gasteiger partial charge on any atom is 0.329 e. The van der Waals surface area contributed by atoms with Gasteiger partial charge in [-0.15, -0.1) is 0 Å². The monoisotopic (exact) mass is 912 g/mol. The number of amides is 1. The van der Waals surface area contributed by atoms with E-state index in [0.29, 0.717) is 69.8 Å². The lowest BCUT2D eigenvalue weighted by Crippen LogP contribution is -2.59. The number of cyclic esters (lactones) is 1. The predicted molar refractivity (Wildman–Crippen MR) is 249 cm³/mol. The molecule has 366 valence electrons. The highest BCUT2D eigenvalue weighted by molar-refractivity contribution is 6.39. The second kappa shape index (κ2) is 25.2. The van der Waals surface area contributed by atoms with Gasteiger partial charge in [-0.05, 0) is 120 Å². The zero-order valence-electron chi connectivity index (χ0n) is 41.2. The number of Topliss-reactive ketones (excluding diaryl/α,β-unsaturated/α-hetero) is 3. The van der Waals surface area contributed by atoms with Gasteiger partial charge in [-0.3, -0.25) is 19.2 Å². The van der Waals surface area contributed by atoms with Gasteiger partial charge in [-0.25, -0.2) is 4.79 Å². The summed E-state index contributed by atoms with van der Waals surface area (Å²) in [6, 6.07) is -1.03. The van der Waals surface area contributed by atoms with Crippen LogP contribution in [0.15, 0.2) is 47.6 Å². The molecule has 2 bridgehead atoms. The molecule has 15 atom stereocenters. The summed E-state index contributed by atoms with van der Waals surface area (Å²) < 4.78 is 30.0. The van der Waals surface area contributed by atoms with Gasteiger partial charge in [0, 0.05) is 52.6 Å². The predicted octanol–water partition coefficient (Wildman–Crippen LogP) is 7.25. The average molecular weight is 912 g/mol. The Bertz CT molecular complexity index is 1750. The van der Waals surface area contributed by atoms with Gasteiger partial charge in [-0.2, -0.15) is 0 Å². The van der Waals surface area contributed by atoms with Crippen molar-refractivity contribution >= 4 is 29.2 Å². The summed E-state index contributed by atoms with van der Waals surface area (Å²) in [7, 11) is 4.62.